The van der Waals surface area contributed by atoms with Gasteiger partial charge in [0.05, 0.1) is 5.69 Å². The van der Waals surface area contributed by atoms with Crippen molar-refractivity contribution >= 4 is 22.4 Å². The molecule has 2 aromatic heterocycles. The number of aryl methyl sites for hydroxylation is 2. The van der Waals surface area contributed by atoms with Crippen molar-refractivity contribution in [3.63, 3.8) is 0 Å². The van der Waals surface area contributed by atoms with Crippen molar-refractivity contribution in [2.75, 3.05) is 5.32 Å². The number of carbonyl (C=O) groups excluding carboxylic acids is 1. The SMILES string of the molecule is Cc1ccc(-c2nnc(CCC(=O)Nc3nc(C(C)C)cs3)o2)cc1. The largest absolute Gasteiger partial charge is 0.421 e. The monoisotopic (exact) mass is 356 g/mol. The number of amides is 1. The van der Waals surface area contributed by atoms with E-state index in [1.165, 1.54) is 16.9 Å². The van der Waals surface area contributed by atoms with Crippen molar-refractivity contribution in [2.45, 2.75) is 39.5 Å². The number of anilines is 1. The van der Waals surface area contributed by atoms with Gasteiger partial charge < -0.3 is 9.73 Å². The highest BCUT2D eigenvalue weighted by atomic mass is 32.1. The molecule has 7 heteroatoms. The van der Waals surface area contributed by atoms with Crippen molar-refractivity contribution in [3.8, 4) is 11.5 Å². The van der Waals surface area contributed by atoms with Gasteiger partial charge in [-0.15, -0.1) is 21.5 Å². The second kappa shape index (κ2) is 7.57. The van der Waals surface area contributed by atoms with E-state index in [1.807, 2.05) is 36.6 Å². The number of aromatic nitrogens is 3. The summed E-state index contributed by atoms with van der Waals surface area (Å²) in [6.45, 7) is 6.16. The molecule has 130 valence electrons. The average molecular weight is 356 g/mol. The van der Waals surface area contributed by atoms with Gasteiger partial charge in [-0.05, 0) is 25.0 Å². The van der Waals surface area contributed by atoms with Crippen LogP contribution >= 0.6 is 11.3 Å². The van der Waals surface area contributed by atoms with E-state index in [0.717, 1.165) is 11.3 Å². The van der Waals surface area contributed by atoms with Crippen LogP contribution in [0.4, 0.5) is 5.13 Å². The summed E-state index contributed by atoms with van der Waals surface area (Å²) in [6.07, 6.45) is 0.666. The van der Waals surface area contributed by atoms with E-state index in [1.54, 1.807) is 0 Å². The maximum atomic E-state index is 12.0. The van der Waals surface area contributed by atoms with Gasteiger partial charge in [0.25, 0.3) is 0 Å². The van der Waals surface area contributed by atoms with Crippen molar-refractivity contribution < 1.29 is 9.21 Å². The summed E-state index contributed by atoms with van der Waals surface area (Å²) in [4.78, 5) is 16.4. The molecule has 25 heavy (non-hydrogen) atoms. The predicted molar refractivity (Wildman–Crippen MR) is 97.6 cm³/mol. The van der Waals surface area contributed by atoms with E-state index in [9.17, 15) is 4.79 Å². The molecule has 0 aliphatic carbocycles. The van der Waals surface area contributed by atoms with E-state index in [4.69, 9.17) is 4.42 Å². The van der Waals surface area contributed by atoms with Gasteiger partial charge in [-0.2, -0.15) is 0 Å². The molecular formula is C18H20N4O2S. The first-order valence-electron chi connectivity index (χ1n) is 8.16. The topological polar surface area (TPSA) is 80.9 Å². The van der Waals surface area contributed by atoms with E-state index in [-0.39, 0.29) is 12.3 Å². The zero-order valence-electron chi connectivity index (χ0n) is 14.4. The van der Waals surface area contributed by atoms with E-state index >= 15 is 0 Å². The third-order valence-corrected chi connectivity index (χ3v) is 4.47. The number of hydrogen-bond acceptors (Lipinski definition) is 6. The summed E-state index contributed by atoms with van der Waals surface area (Å²) in [6, 6.07) is 7.86. The first-order chi connectivity index (χ1) is 12.0. The molecule has 0 saturated carbocycles. The normalized spacial score (nSPS) is 11.0. The highest BCUT2D eigenvalue weighted by Crippen LogP contribution is 2.22. The van der Waals surface area contributed by atoms with Crippen LogP contribution in [0.5, 0.6) is 0 Å². The van der Waals surface area contributed by atoms with Crippen LogP contribution in [-0.4, -0.2) is 21.1 Å². The Morgan fingerprint density at radius 3 is 2.68 bits per heavy atom. The van der Waals surface area contributed by atoms with Crippen LogP contribution < -0.4 is 5.32 Å². The van der Waals surface area contributed by atoms with E-state index in [2.05, 4.69) is 34.3 Å². The van der Waals surface area contributed by atoms with Gasteiger partial charge in [-0.25, -0.2) is 4.98 Å². The molecule has 0 unspecified atom stereocenters. The molecule has 1 aromatic carbocycles. The second-order valence-corrected chi connectivity index (χ2v) is 7.01. The van der Waals surface area contributed by atoms with Crippen molar-refractivity contribution in [1.82, 2.24) is 15.2 Å². The molecule has 3 aromatic rings. The molecule has 0 atom stereocenters. The smallest absolute Gasteiger partial charge is 0.247 e. The maximum absolute atomic E-state index is 12.0. The van der Waals surface area contributed by atoms with Gasteiger partial charge in [-0.3, -0.25) is 4.79 Å². The lowest BCUT2D eigenvalue weighted by molar-refractivity contribution is -0.116. The summed E-state index contributed by atoms with van der Waals surface area (Å²) in [5.41, 5.74) is 3.03. The van der Waals surface area contributed by atoms with Crippen LogP contribution in [0.3, 0.4) is 0 Å². The van der Waals surface area contributed by atoms with Crippen LogP contribution in [0.25, 0.3) is 11.5 Å². The Morgan fingerprint density at radius 1 is 1.24 bits per heavy atom. The van der Waals surface area contributed by atoms with Gasteiger partial charge in [0, 0.05) is 23.8 Å². The van der Waals surface area contributed by atoms with Gasteiger partial charge in [0.1, 0.15) is 0 Å². The molecule has 0 saturated heterocycles. The lowest BCUT2D eigenvalue weighted by atomic mass is 10.1. The fourth-order valence-corrected chi connectivity index (χ4v) is 3.07. The molecule has 1 amide bonds. The number of nitrogens with one attached hydrogen (secondary N) is 1. The zero-order valence-corrected chi connectivity index (χ0v) is 15.3. The van der Waals surface area contributed by atoms with Crippen LogP contribution in [0, 0.1) is 6.92 Å². The number of benzene rings is 1. The van der Waals surface area contributed by atoms with E-state index < -0.39 is 0 Å². The minimum Gasteiger partial charge on any atom is -0.421 e. The zero-order chi connectivity index (χ0) is 17.8. The third-order valence-electron chi connectivity index (χ3n) is 3.69. The summed E-state index contributed by atoms with van der Waals surface area (Å²) in [5.74, 6) is 1.16. The summed E-state index contributed by atoms with van der Waals surface area (Å²) < 4.78 is 5.63. The first-order valence-corrected chi connectivity index (χ1v) is 9.04. The number of rotatable bonds is 6. The van der Waals surface area contributed by atoms with Gasteiger partial charge in [0.2, 0.25) is 17.7 Å². The highest BCUT2D eigenvalue weighted by molar-refractivity contribution is 7.13. The summed E-state index contributed by atoms with van der Waals surface area (Å²) >= 11 is 1.44. The van der Waals surface area contributed by atoms with Crippen LogP contribution in [0.1, 0.15) is 43.3 Å². The lowest BCUT2D eigenvalue weighted by Crippen LogP contribution is -2.12. The Bertz CT molecular complexity index is 852. The number of hydrogen-bond donors (Lipinski definition) is 1. The molecule has 6 nitrogen and oxygen atoms in total. The minimum absolute atomic E-state index is 0.111. The molecule has 0 aliphatic heterocycles. The number of carbonyl (C=O) groups is 1. The van der Waals surface area contributed by atoms with Gasteiger partial charge in [-0.1, -0.05) is 31.5 Å². The molecule has 0 bridgehead atoms. The molecule has 0 radical (unpaired) electrons. The molecular weight excluding hydrogens is 336 g/mol. The average Bonchev–Trinajstić information content (AvgIpc) is 3.23. The van der Waals surface area contributed by atoms with Gasteiger partial charge >= 0.3 is 0 Å². The standard InChI is InChI=1S/C18H20N4O2S/c1-11(2)14-10-25-18(19-14)20-15(23)8-9-16-21-22-17(24-16)13-6-4-12(3)5-7-13/h4-7,10-11H,8-9H2,1-3H3,(H,19,20,23). The highest BCUT2D eigenvalue weighted by Gasteiger charge is 2.12. The lowest BCUT2D eigenvalue weighted by Gasteiger charge is -2.00. The first kappa shape index (κ1) is 17.3. The van der Waals surface area contributed by atoms with Crippen LogP contribution in [-0.2, 0) is 11.2 Å². The van der Waals surface area contributed by atoms with E-state index in [0.29, 0.717) is 29.3 Å². The minimum atomic E-state index is -0.111. The predicted octanol–water partition coefficient (Wildman–Crippen LogP) is 4.20. The summed E-state index contributed by atoms with van der Waals surface area (Å²) in [5, 5.41) is 13.5. The molecule has 3 rings (SSSR count). The van der Waals surface area contributed by atoms with Crippen molar-refractivity contribution in [1.29, 1.82) is 0 Å². The Hall–Kier alpha value is -2.54. The Labute approximate surface area is 150 Å². The molecule has 2 heterocycles. The Kier molecular flexibility index (Phi) is 5.23. The quantitative estimate of drug-likeness (QED) is 0.716. The Morgan fingerprint density at radius 2 is 2.00 bits per heavy atom. The van der Waals surface area contributed by atoms with Crippen LogP contribution in [0.15, 0.2) is 34.1 Å². The molecule has 1 N–H and O–H groups in total. The number of nitrogens with zero attached hydrogens (tertiary/aromatic N) is 3. The fourth-order valence-electron chi connectivity index (χ4n) is 2.18. The fraction of sp³-hybridized carbons (Fsp3) is 0.333. The second-order valence-electron chi connectivity index (χ2n) is 6.15. The third kappa shape index (κ3) is 4.51. The molecule has 0 spiro atoms. The van der Waals surface area contributed by atoms with Gasteiger partial charge in [0.15, 0.2) is 5.13 Å². The number of thiazole rings is 1. The summed E-state index contributed by atoms with van der Waals surface area (Å²) in [7, 11) is 0. The maximum Gasteiger partial charge on any atom is 0.247 e. The van der Waals surface area contributed by atoms with Crippen molar-refractivity contribution in [3.05, 3.63) is 46.8 Å². The Balaban J connectivity index is 1.54. The van der Waals surface area contributed by atoms with Crippen LogP contribution in [0.2, 0.25) is 0 Å². The van der Waals surface area contributed by atoms with Crippen molar-refractivity contribution in [2.24, 2.45) is 0 Å². The molecule has 0 fully saturated rings. The molecule has 0 aliphatic rings.